The average molecular weight is 413 g/mol. The largest absolute Gasteiger partial charge is 0.512 e. The van der Waals surface area contributed by atoms with Crippen LogP contribution in [0.5, 0.6) is 5.75 Å². The number of fused-ring (bicyclic) bond motifs is 2. The van der Waals surface area contributed by atoms with Crippen LogP contribution in [0.3, 0.4) is 0 Å². The van der Waals surface area contributed by atoms with E-state index < -0.39 is 0 Å². The SMILES string of the molecule is COc1cc2c(ccc(=O)n2Cc2ccc3ccccc3n2)cc1/C(C(C)=N)=C(\C)O. The molecule has 0 amide bonds. The predicted octanol–water partition coefficient (Wildman–Crippen LogP) is 4.94. The Balaban J connectivity index is 1.89. The maximum Gasteiger partial charge on any atom is 0.251 e. The smallest absolute Gasteiger partial charge is 0.251 e. The molecule has 0 saturated carbocycles. The van der Waals surface area contributed by atoms with Gasteiger partial charge in [0, 0.05) is 34.4 Å². The highest BCUT2D eigenvalue weighted by molar-refractivity contribution is 6.22. The molecule has 156 valence electrons. The quantitative estimate of drug-likeness (QED) is 0.358. The molecule has 0 spiro atoms. The molecule has 0 bridgehead atoms. The molecule has 2 aromatic carbocycles. The summed E-state index contributed by atoms with van der Waals surface area (Å²) in [5.41, 5.74) is 3.45. The Morgan fingerprint density at radius 3 is 2.52 bits per heavy atom. The number of hydrogen-bond donors (Lipinski definition) is 2. The molecule has 6 heteroatoms. The number of ether oxygens (including phenoxy) is 1. The molecule has 6 nitrogen and oxygen atoms in total. The summed E-state index contributed by atoms with van der Waals surface area (Å²) in [4.78, 5) is 17.4. The number of pyridine rings is 2. The van der Waals surface area contributed by atoms with Crippen LogP contribution < -0.4 is 10.3 Å². The monoisotopic (exact) mass is 413 g/mol. The predicted molar refractivity (Wildman–Crippen MR) is 124 cm³/mol. The summed E-state index contributed by atoms with van der Waals surface area (Å²) in [6.45, 7) is 3.48. The molecule has 0 aliphatic heterocycles. The van der Waals surface area contributed by atoms with Crippen LogP contribution in [-0.4, -0.2) is 27.5 Å². The number of rotatable bonds is 5. The Bertz CT molecular complexity index is 1410. The number of allylic oxidation sites excluding steroid dienone is 2. The van der Waals surface area contributed by atoms with Crippen molar-refractivity contribution in [1.29, 1.82) is 5.41 Å². The minimum atomic E-state index is -0.144. The highest BCUT2D eigenvalue weighted by atomic mass is 16.5. The number of para-hydroxylation sites is 1. The second-order valence-corrected chi connectivity index (χ2v) is 7.45. The standard InChI is InChI=1S/C25H23N3O3/c1-15(26)25(16(2)29)20-12-18-9-11-24(30)28(22(18)13-23(20)31-3)14-19-10-8-17-6-4-5-7-21(17)27-19/h4-13,26,29H,14H2,1-3H3/b25-16+,26-15?. The van der Waals surface area contributed by atoms with E-state index in [9.17, 15) is 9.90 Å². The molecule has 0 fully saturated rings. The average Bonchev–Trinajstić information content (AvgIpc) is 2.75. The Morgan fingerprint density at radius 1 is 1.06 bits per heavy atom. The molecule has 2 aromatic heterocycles. The van der Waals surface area contributed by atoms with Crippen LogP contribution in [0, 0.1) is 5.41 Å². The third-order valence-electron chi connectivity index (χ3n) is 5.29. The molecule has 0 aliphatic rings. The molecule has 0 radical (unpaired) electrons. The molecule has 4 aromatic rings. The van der Waals surface area contributed by atoms with Crippen molar-refractivity contribution in [1.82, 2.24) is 9.55 Å². The van der Waals surface area contributed by atoms with Gasteiger partial charge in [-0.3, -0.25) is 9.78 Å². The van der Waals surface area contributed by atoms with Gasteiger partial charge in [-0.2, -0.15) is 0 Å². The third kappa shape index (κ3) is 3.80. The molecular formula is C25H23N3O3. The number of hydrogen-bond acceptors (Lipinski definition) is 5. The van der Waals surface area contributed by atoms with E-state index >= 15 is 0 Å². The van der Waals surface area contributed by atoms with Gasteiger partial charge in [-0.05, 0) is 43.5 Å². The van der Waals surface area contributed by atoms with Gasteiger partial charge in [0.25, 0.3) is 5.56 Å². The maximum atomic E-state index is 12.7. The van der Waals surface area contributed by atoms with E-state index in [0.717, 1.165) is 22.0 Å². The summed E-state index contributed by atoms with van der Waals surface area (Å²) in [5.74, 6) is 0.521. The highest BCUT2D eigenvalue weighted by Crippen LogP contribution is 2.32. The van der Waals surface area contributed by atoms with E-state index in [4.69, 9.17) is 15.1 Å². The van der Waals surface area contributed by atoms with Crippen LogP contribution in [0.1, 0.15) is 25.1 Å². The molecule has 0 atom stereocenters. The van der Waals surface area contributed by atoms with Crippen LogP contribution >= 0.6 is 0 Å². The van der Waals surface area contributed by atoms with Gasteiger partial charge in [0.05, 0.1) is 36.1 Å². The van der Waals surface area contributed by atoms with Crippen molar-refractivity contribution in [3.8, 4) is 5.75 Å². The van der Waals surface area contributed by atoms with Gasteiger partial charge in [-0.25, -0.2) is 0 Å². The van der Waals surface area contributed by atoms with Gasteiger partial charge in [0.15, 0.2) is 0 Å². The van der Waals surface area contributed by atoms with E-state index in [-0.39, 0.29) is 17.0 Å². The first-order chi connectivity index (χ1) is 14.9. The van der Waals surface area contributed by atoms with Gasteiger partial charge in [-0.15, -0.1) is 0 Å². The highest BCUT2D eigenvalue weighted by Gasteiger charge is 2.17. The van der Waals surface area contributed by atoms with Crippen molar-refractivity contribution < 1.29 is 9.84 Å². The van der Waals surface area contributed by atoms with Gasteiger partial charge < -0.3 is 19.8 Å². The number of nitrogens with zero attached hydrogens (tertiary/aromatic N) is 2. The zero-order valence-electron chi connectivity index (χ0n) is 17.6. The summed E-state index contributed by atoms with van der Waals surface area (Å²) in [6, 6.07) is 18.7. The lowest BCUT2D eigenvalue weighted by Gasteiger charge is -2.16. The van der Waals surface area contributed by atoms with Gasteiger partial charge in [0.2, 0.25) is 0 Å². The second-order valence-electron chi connectivity index (χ2n) is 7.45. The molecule has 0 aliphatic carbocycles. The minimum Gasteiger partial charge on any atom is -0.512 e. The Labute approximate surface area is 179 Å². The number of nitrogens with one attached hydrogen (secondary N) is 1. The molecule has 4 rings (SSSR count). The van der Waals surface area contributed by atoms with Crippen LogP contribution in [-0.2, 0) is 6.54 Å². The fraction of sp³-hybridized carbons (Fsp3) is 0.160. The number of aliphatic hydroxyl groups is 1. The van der Waals surface area contributed by atoms with Gasteiger partial charge in [0.1, 0.15) is 5.75 Å². The maximum absolute atomic E-state index is 12.7. The first-order valence-electron chi connectivity index (χ1n) is 9.91. The van der Waals surface area contributed by atoms with Gasteiger partial charge >= 0.3 is 0 Å². The normalized spacial score (nSPS) is 12.1. The first-order valence-corrected chi connectivity index (χ1v) is 9.91. The van der Waals surface area contributed by atoms with E-state index in [1.54, 1.807) is 30.5 Å². The number of aliphatic hydroxyl groups excluding tert-OH is 1. The summed E-state index contributed by atoms with van der Waals surface area (Å²) in [5, 5.41) is 20.0. The van der Waals surface area contributed by atoms with Crippen molar-refractivity contribution in [3.05, 3.63) is 88.0 Å². The Kier molecular flexibility index (Phi) is 5.29. The van der Waals surface area contributed by atoms with E-state index in [0.29, 0.717) is 28.9 Å². The minimum absolute atomic E-state index is 0.0406. The fourth-order valence-electron chi connectivity index (χ4n) is 3.88. The third-order valence-corrected chi connectivity index (χ3v) is 5.29. The van der Waals surface area contributed by atoms with E-state index in [1.165, 1.54) is 13.2 Å². The topological polar surface area (TPSA) is 88.2 Å². The summed E-state index contributed by atoms with van der Waals surface area (Å²) in [6.07, 6.45) is 0. The zero-order valence-corrected chi connectivity index (χ0v) is 17.6. The van der Waals surface area contributed by atoms with Crippen LogP contribution in [0.2, 0.25) is 0 Å². The Hall–Kier alpha value is -3.93. The Morgan fingerprint density at radius 2 is 1.81 bits per heavy atom. The molecule has 31 heavy (non-hydrogen) atoms. The second kappa shape index (κ2) is 8.07. The number of aromatic nitrogens is 2. The van der Waals surface area contributed by atoms with Crippen molar-refractivity contribution in [3.63, 3.8) is 0 Å². The van der Waals surface area contributed by atoms with E-state index in [1.807, 2.05) is 42.5 Å². The van der Waals surface area contributed by atoms with Crippen molar-refractivity contribution in [2.45, 2.75) is 20.4 Å². The lowest BCUT2D eigenvalue weighted by molar-refractivity contribution is 0.409. The summed E-state index contributed by atoms with van der Waals surface area (Å²) < 4.78 is 7.22. The van der Waals surface area contributed by atoms with Crippen molar-refractivity contribution in [2.24, 2.45) is 0 Å². The van der Waals surface area contributed by atoms with Crippen molar-refractivity contribution >= 4 is 33.1 Å². The summed E-state index contributed by atoms with van der Waals surface area (Å²) >= 11 is 0. The van der Waals surface area contributed by atoms with Crippen LogP contribution in [0.15, 0.2) is 71.2 Å². The first kappa shape index (κ1) is 20.3. The van der Waals surface area contributed by atoms with Crippen LogP contribution in [0.4, 0.5) is 0 Å². The van der Waals surface area contributed by atoms with E-state index in [2.05, 4.69) is 0 Å². The number of benzene rings is 2. The summed E-state index contributed by atoms with van der Waals surface area (Å²) in [7, 11) is 1.53. The molecule has 2 heterocycles. The zero-order chi connectivity index (χ0) is 22.1. The molecule has 0 saturated heterocycles. The lowest BCUT2D eigenvalue weighted by Crippen LogP contribution is -2.20. The molecule has 2 N–H and O–H groups in total. The molecule has 0 unspecified atom stereocenters. The number of methoxy groups -OCH3 is 1. The van der Waals surface area contributed by atoms with Crippen molar-refractivity contribution in [2.75, 3.05) is 7.11 Å². The van der Waals surface area contributed by atoms with Gasteiger partial charge in [-0.1, -0.05) is 24.3 Å². The molecular weight excluding hydrogens is 390 g/mol. The van der Waals surface area contributed by atoms with Crippen LogP contribution in [0.25, 0.3) is 27.4 Å². The fourth-order valence-corrected chi connectivity index (χ4v) is 3.88. The lowest BCUT2D eigenvalue weighted by atomic mass is 9.97.